The smallest absolute Gasteiger partial charge is 0.128 e. The Labute approximate surface area is 102 Å². The van der Waals surface area contributed by atoms with Gasteiger partial charge in [-0.05, 0) is 32.5 Å². The summed E-state index contributed by atoms with van der Waals surface area (Å²) in [7, 11) is 1.98. The van der Waals surface area contributed by atoms with Crippen molar-refractivity contribution in [3.8, 4) is 0 Å². The van der Waals surface area contributed by atoms with E-state index in [4.69, 9.17) is 0 Å². The van der Waals surface area contributed by atoms with Gasteiger partial charge in [0, 0.05) is 37.4 Å². The Morgan fingerprint density at radius 3 is 2.94 bits per heavy atom. The maximum atomic E-state index is 4.38. The molecule has 0 radical (unpaired) electrons. The lowest BCUT2D eigenvalue weighted by atomic mass is 10.2. The van der Waals surface area contributed by atoms with Crippen molar-refractivity contribution in [3.05, 3.63) is 42.2 Å². The third-order valence-electron chi connectivity index (χ3n) is 3.17. The van der Waals surface area contributed by atoms with E-state index < -0.39 is 0 Å². The minimum absolute atomic E-state index is 0.391. The van der Waals surface area contributed by atoms with Crippen LogP contribution in [0.5, 0.6) is 0 Å². The van der Waals surface area contributed by atoms with Crippen molar-refractivity contribution in [1.29, 1.82) is 0 Å². The number of rotatable bonds is 5. The van der Waals surface area contributed by atoms with Crippen LogP contribution in [0.2, 0.25) is 0 Å². The molecule has 0 fully saturated rings. The molecule has 0 aliphatic heterocycles. The Balaban J connectivity index is 2.11. The summed E-state index contributed by atoms with van der Waals surface area (Å²) in [6.07, 6.45) is 8.17. The molecule has 0 saturated carbocycles. The van der Waals surface area contributed by atoms with Crippen LogP contribution in [0.1, 0.15) is 31.3 Å². The summed E-state index contributed by atoms with van der Waals surface area (Å²) in [6.45, 7) is 6.09. The van der Waals surface area contributed by atoms with E-state index in [0.29, 0.717) is 6.04 Å². The molecule has 4 nitrogen and oxygen atoms in total. The van der Waals surface area contributed by atoms with E-state index in [1.165, 1.54) is 5.56 Å². The maximum Gasteiger partial charge on any atom is 0.128 e. The number of hydrogen-bond donors (Lipinski definition) is 1. The molecule has 0 aromatic carbocycles. The molecular weight excluding hydrogens is 212 g/mol. The van der Waals surface area contributed by atoms with E-state index in [-0.39, 0.29) is 0 Å². The van der Waals surface area contributed by atoms with Gasteiger partial charge in [0.05, 0.1) is 6.54 Å². The van der Waals surface area contributed by atoms with Crippen molar-refractivity contribution < 1.29 is 0 Å². The first-order chi connectivity index (χ1) is 8.24. The van der Waals surface area contributed by atoms with Crippen molar-refractivity contribution >= 4 is 0 Å². The fraction of sp³-hybridized carbons (Fsp3) is 0.462. The van der Waals surface area contributed by atoms with Crippen LogP contribution in [0, 0.1) is 0 Å². The molecule has 2 heterocycles. The Morgan fingerprint density at radius 2 is 2.24 bits per heavy atom. The number of nitrogens with zero attached hydrogens (tertiary/aromatic N) is 3. The van der Waals surface area contributed by atoms with Gasteiger partial charge in [0.25, 0.3) is 0 Å². The number of aryl methyl sites for hydroxylation is 1. The van der Waals surface area contributed by atoms with E-state index in [9.17, 15) is 0 Å². The summed E-state index contributed by atoms with van der Waals surface area (Å²) >= 11 is 0. The third-order valence-corrected chi connectivity index (χ3v) is 3.17. The molecule has 2 aromatic rings. The first-order valence-corrected chi connectivity index (χ1v) is 6.07. The molecule has 0 aliphatic carbocycles. The van der Waals surface area contributed by atoms with Gasteiger partial charge in [-0.1, -0.05) is 0 Å². The molecule has 0 aliphatic rings. The average molecular weight is 232 g/mol. The largest absolute Gasteiger partial charge is 0.346 e. The number of hydrogen-bond acceptors (Lipinski definition) is 2. The number of aromatic nitrogens is 3. The molecule has 1 unspecified atom stereocenters. The normalized spacial score (nSPS) is 12.9. The van der Waals surface area contributed by atoms with Crippen molar-refractivity contribution in [2.75, 3.05) is 7.05 Å². The van der Waals surface area contributed by atoms with Crippen molar-refractivity contribution in [3.63, 3.8) is 0 Å². The average Bonchev–Trinajstić information content (AvgIpc) is 2.97. The quantitative estimate of drug-likeness (QED) is 0.856. The van der Waals surface area contributed by atoms with E-state index >= 15 is 0 Å². The van der Waals surface area contributed by atoms with Gasteiger partial charge in [-0.2, -0.15) is 0 Å². The molecule has 0 amide bonds. The molecular formula is C13H20N4. The summed E-state index contributed by atoms with van der Waals surface area (Å²) in [5, 5.41) is 3.24. The summed E-state index contributed by atoms with van der Waals surface area (Å²) in [6, 6.07) is 2.54. The highest BCUT2D eigenvalue weighted by molar-refractivity contribution is 5.15. The van der Waals surface area contributed by atoms with E-state index in [0.717, 1.165) is 18.9 Å². The van der Waals surface area contributed by atoms with Gasteiger partial charge < -0.3 is 14.5 Å². The standard InChI is InChI=1S/C13H20N4/c1-4-17-8-6-15-13(17)10-16-7-5-12(9-16)11(2)14-3/h5-9,11,14H,4,10H2,1-3H3. The van der Waals surface area contributed by atoms with Crippen LogP contribution in [-0.4, -0.2) is 21.2 Å². The Morgan fingerprint density at radius 1 is 1.41 bits per heavy atom. The molecule has 4 heteroatoms. The van der Waals surface area contributed by atoms with Crippen LogP contribution in [0.25, 0.3) is 0 Å². The minimum Gasteiger partial charge on any atom is -0.346 e. The zero-order chi connectivity index (χ0) is 12.3. The second-order valence-electron chi connectivity index (χ2n) is 4.26. The molecule has 1 N–H and O–H groups in total. The first kappa shape index (κ1) is 11.9. The summed E-state index contributed by atoms with van der Waals surface area (Å²) in [5.74, 6) is 1.10. The second kappa shape index (κ2) is 5.19. The zero-order valence-electron chi connectivity index (χ0n) is 10.7. The molecule has 2 rings (SSSR count). The lowest BCUT2D eigenvalue weighted by Crippen LogP contribution is -2.11. The van der Waals surface area contributed by atoms with E-state index in [1.54, 1.807) is 0 Å². The van der Waals surface area contributed by atoms with Crippen molar-refractivity contribution in [2.24, 2.45) is 0 Å². The fourth-order valence-corrected chi connectivity index (χ4v) is 1.92. The molecule has 17 heavy (non-hydrogen) atoms. The highest BCUT2D eigenvalue weighted by Gasteiger charge is 2.06. The number of nitrogens with one attached hydrogen (secondary N) is 1. The highest BCUT2D eigenvalue weighted by Crippen LogP contribution is 2.13. The first-order valence-electron chi connectivity index (χ1n) is 6.07. The van der Waals surface area contributed by atoms with Crippen LogP contribution in [0.15, 0.2) is 30.9 Å². The molecule has 2 aromatic heterocycles. The van der Waals surface area contributed by atoms with Gasteiger partial charge in [0.1, 0.15) is 5.82 Å². The van der Waals surface area contributed by atoms with Gasteiger partial charge in [-0.25, -0.2) is 4.98 Å². The van der Waals surface area contributed by atoms with Crippen molar-refractivity contribution in [1.82, 2.24) is 19.4 Å². The second-order valence-corrected chi connectivity index (χ2v) is 4.26. The molecule has 0 bridgehead atoms. The van der Waals surface area contributed by atoms with E-state index in [1.807, 2.05) is 19.4 Å². The van der Waals surface area contributed by atoms with Crippen molar-refractivity contribution in [2.45, 2.75) is 33.0 Å². The number of imidazole rings is 1. The topological polar surface area (TPSA) is 34.8 Å². The van der Waals surface area contributed by atoms with Gasteiger partial charge in [-0.15, -0.1) is 0 Å². The van der Waals surface area contributed by atoms with Crippen LogP contribution in [0.4, 0.5) is 0 Å². The summed E-state index contributed by atoms with van der Waals surface area (Å²) in [5.41, 5.74) is 1.31. The Bertz CT molecular complexity index is 469. The summed E-state index contributed by atoms with van der Waals surface area (Å²) in [4.78, 5) is 4.38. The SMILES string of the molecule is CCn1ccnc1Cn1ccc(C(C)NC)c1. The van der Waals surface area contributed by atoms with Gasteiger partial charge in [0.15, 0.2) is 0 Å². The molecule has 0 saturated heterocycles. The van der Waals surface area contributed by atoms with Gasteiger partial charge in [0.2, 0.25) is 0 Å². The monoisotopic (exact) mass is 232 g/mol. The predicted octanol–water partition coefficient (Wildman–Crippen LogP) is 2.03. The van der Waals surface area contributed by atoms with Gasteiger partial charge >= 0.3 is 0 Å². The predicted molar refractivity (Wildman–Crippen MR) is 68.9 cm³/mol. The van der Waals surface area contributed by atoms with Gasteiger partial charge in [-0.3, -0.25) is 0 Å². The zero-order valence-corrected chi connectivity index (χ0v) is 10.7. The fourth-order valence-electron chi connectivity index (χ4n) is 1.92. The molecule has 92 valence electrons. The van der Waals surface area contributed by atoms with Crippen LogP contribution in [-0.2, 0) is 13.1 Å². The lowest BCUT2D eigenvalue weighted by molar-refractivity contribution is 0.636. The lowest BCUT2D eigenvalue weighted by Gasteiger charge is -2.08. The third kappa shape index (κ3) is 2.58. The van der Waals surface area contributed by atoms with E-state index in [2.05, 4.69) is 51.7 Å². The van der Waals surface area contributed by atoms with Crippen LogP contribution in [0.3, 0.4) is 0 Å². The minimum atomic E-state index is 0.391. The molecule has 0 spiro atoms. The van der Waals surface area contributed by atoms with Crippen LogP contribution < -0.4 is 5.32 Å². The van der Waals surface area contributed by atoms with Crippen LogP contribution >= 0.6 is 0 Å². The Hall–Kier alpha value is -1.55. The molecule has 1 atom stereocenters. The highest BCUT2D eigenvalue weighted by atomic mass is 15.1. The summed E-state index contributed by atoms with van der Waals surface area (Å²) < 4.78 is 4.35. The maximum absolute atomic E-state index is 4.38. The Kier molecular flexibility index (Phi) is 3.64.